The van der Waals surface area contributed by atoms with Crippen LogP contribution < -0.4 is 5.32 Å². The number of hydrogen-bond donors (Lipinski definition) is 1. The third-order valence-corrected chi connectivity index (χ3v) is 4.51. The molecule has 1 aliphatic rings. The molecule has 6 heteroatoms. The monoisotopic (exact) mass is 326 g/mol. The van der Waals surface area contributed by atoms with E-state index in [2.05, 4.69) is 10.4 Å². The molecule has 1 atom stereocenters. The smallest absolute Gasteiger partial charge is 0.229 e. The Bertz CT molecular complexity index is 767. The van der Waals surface area contributed by atoms with Crippen LogP contribution in [0.3, 0.4) is 0 Å². The molecular formula is C18H22N4O2. The average Bonchev–Trinajstić information content (AvgIpc) is 3.10. The van der Waals surface area contributed by atoms with Crippen LogP contribution in [-0.4, -0.2) is 39.6 Å². The van der Waals surface area contributed by atoms with E-state index in [0.717, 1.165) is 22.8 Å². The number of hydrogen-bond acceptors (Lipinski definition) is 3. The molecule has 1 aliphatic heterocycles. The number of nitrogens with one attached hydrogen (secondary N) is 1. The number of rotatable bonds is 4. The van der Waals surface area contributed by atoms with Crippen LogP contribution in [0.4, 0.5) is 5.69 Å². The van der Waals surface area contributed by atoms with Gasteiger partial charge in [-0.05, 0) is 32.9 Å². The fourth-order valence-corrected chi connectivity index (χ4v) is 3.12. The minimum atomic E-state index is -0.295. The summed E-state index contributed by atoms with van der Waals surface area (Å²) in [5.74, 6) is -0.361. The van der Waals surface area contributed by atoms with Crippen LogP contribution in [0.15, 0.2) is 30.3 Å². The molecule has 0 saturated carbocycles. The highest BCUT2D eigenvalue weighted by Gasteiger charge is 2.34. The first kappa shape index (κ1) is 16.2. The molecule has 0 spiro atoms. The Kier molecular flexibility index (Phi) is 4.38. The molecule has 126 valence electrons. The SMILES string of the molecule is CCN1CC(C(=O)Nc2c(C)nn(-c3ccccc3)c2C)CC1=O. The Morgan fingerprint density at radius 1 is 1.29 bits per heavy atom. The number of carbonyl (C=O) groups is 2. The van der Waals surface area contributed by atoms with Gasteiger partial charge < -0.3 is 10.2 Å². The Labute approximate surface area is 141 Å². The van der Waals surface area contributed by atoms with Gasteiger partial charge in [0.1, 0.15) is 0 Å². The molecule has 0 bridgehead atoms. The van der Waals surface area contributed by atoms with Gasteiger partial charge in [0.15, 0.2) is 0 Å². The lowest BCUT2D eigenvalue weighted by atomic mass is 10.1. The number of amides is 2. The topological polar surface area (TPSA) is 67.2 Å². The summed E-state index contributed by atoms with van der Waals surface area (Å²) in [5, 5.41) is 7.51. The second-order valence-electron chi connectivity index (χ2n) is 6.12. The highest BCUT2D eigenvalue weighted by atomic mass is 16.2. The summed E-state index contributed by atoms with van der Waals surface area (Å²) >= 11 is 0. The molecule has 1 aromatic heterocycles. The van der Waals surface area contributed by atoms with Crippen molar-refractivity contribution in [2.45, 2.75) is 27.2 Å². The maximum atomic E-state index is 12.5. The second-order valence-corrected chi connectivity index (χ2v) is 6.12. The zero-order chi connectivity index (χ0) is 17.3. The van der Waals surface area contributed by atoms with Crippen LogP contribution in [0.2, 0.25) is 0 Å². The number of aromatic nitrogens is 2. The van der Waals surface area contributed by atoms with E-state index in [-0.39, 0.29) is 24.2 Å². The van der Waals surface area contributed by atoms with Crippen molar-refractivity contribution < 1.29 is 9.59 Å². The third-order valence-electron chi connectivity index (χ3n) is 4.51. The largest absolute Gasteiger partial charge is 0.342 e. The van der Waals surface area contributed by atoms with Crippen molar-refractivity contribution in [3.63, 3.8) is 0 Å². The highest BCUT2D eigenvalue weighted by Crippen LogP contribution is 2.25. The normalized spacial score (nSPS) is 17.4. The Hall–Kier alpha value is -2.63. The molecule has 2 amide bonds. The second kappa shape index (κ2) is 6.47. The van der Waals surface area contributed by atoms with Gasteiger partial charge in [0, 0.05) is 19.5 Å². The molecular weight excluding hydrogens is 304 g/mol. The zero-order valence-corrected chi connectivity index (χ0v) is 14.2. The zero-order valence-electron chi connectivity index (χ0n) is 14.2. The third kappa shape index (κ3) is 2.91. The van der Waals surface area contributed by atoms with Gasteiger partial charge in [0.05, 0.1) is 28.7 Å². The van der Waals surface area contributed by atoms with E-state index in [1.807, 2.05) is 55.8 Å². The minimum absolute atomic E-state index is 0.0473. The van der Waals surface area contributed by atoms with Crippen molar-refractivity contribution in [1.82, 2.24) is 14.7 Å². The van der Waals surface area contributed by atoms with Crippen LogP contribution in [0.5, 0.6) is 0 Å². The first-order valence-corrected chi connectivity index (χ1v) is 8.21. The highest BCUT2D eigenvalue weighted by molar-refractivity contribution is 5.98. The minimum Gasteiger partial charge on any atom is -0.342 e. The first-order valence-electron chi connectivity index (χ1n) is 8.21. The van der Waals surface area contributed by atoms with Gasteiger partial charge in [-0.15, -0.1) is 0 Å². The molecule has 1 saturated heterocycles. The van der Waals surface area contributed by atoms with Gasteiger partial charge in [0.2, 0.25) is 11.8 Å². The van der Waals surface area contributed by atoms with E-state index in [4.69, 9.17) is 0 Å². The Morgan fingerprint density at radius 2 is 2.00 bits per heavy atom. The van der Waals surface area contributed by atoms with Crippen molar-refractivity contribution in [1.29, 1.82) is 0 Å². The standard InChI is InChI=1S/C18H22N4O2/c1-4-21-11-14(10-16(21)23)18(24)19-17-12(2)20-22(13(17)3)15-8-6-5-7-9-15/h5-9,14H,4,10-11H2,1-3H3,(H,19,24). The van der Waals surface area contributed by atoms with E-state index in [1.54, 1.807) is 4.90 Å². The quantitative estimate of drug-likeness (QED) is 0.937. The predicted molar refractivity (Wildman–Crippen MR) is 92.0 cm³/mol. The van der Waals surface area contributed by atoms with Crippen LogP contribution >= 0.6 is 0 Å². The number of para-hydroxylation sites is 1. The lowest BCUT2D eigenvalue weighted by Gasteiger charge is -2.14. The summed E-state index contributed by atoms with van der Waals surface area (Å²) in [6.45, 7) is 6.87. The number of nitrogens with zero attached hydrogens (tertiary/aromatic N) is 3. The van der Waals surface area contributed by atoms with Crippen molar-refractivity contribution in [2.24, 2.45) is 5.92 Å². The van der Waals surface area contributed by atoms with Gasteiger partial charge in [-0.25, -0.2) is 4.68 Å². The van der Waals surface area contributed by atoms with Crippen molar-refractivity contribution >= 4 is 17.5 Å². The summed E-state index contributed by atoms with van der Waals surface area (Å²) in [5.41, 5.74) is 3.32. The summed E-state index contributed by atoms with van der Waals surface area (Å²) in [7, 11) is 0. The van der Waals surface area contributed by atoms with E-state index >= 15 is 0 Å². The molecule has 1 N–H and O–H groups in total. The number of benzene rings is 1. The molecule has 24 heavy (non-hydrogen) atoms. The summed E-state index contributed by atoms with van der Waals surface area (Å²) in [6.07, 6.45) is 0.282. The molecule has 6 nitrogen and oxygen atoms in total. The van der Waals surface area contributed by atoms with E-state index < -0.39 is 0 Å². The van der Waals surface area contributed by atoms with Gasteiger partial charge in [-0.2, -0.15) is 5.10 Å². The summed E-state index contributed by atoms with van der Waals surface area (Å²) < 4.78 is 1.82. The number of aryl methyl sites for hydroxylation is 1. The molecule has 1 unspecified atom stereocenters. The van der Waals surface area contributed by atoms with Gasteiger partial charge >= 0.3 is 0 Å². The van der Waals surface area contributed by atoms with E-state index in [0.29, 0.717) is 13.1 Å². The Balaban J connectivity index is 1.80. The first-order chi connectivity index (χ1) is 11.5. The van der Waals surface area contributed by atoms with Crippen LogP contribution in [0.25, 0.3) is 5.69 Å². The van der Waals surface area contributed by atoms with Gasteiger partial charge in [-0.3, -0.25) is 9.59 Å². The van der Waals surface area contributed by atoms with Crippen LogP contribution in [0, 0.1) is 19.8 Å². The maximum absolute atomic E-state index is 12.5. The molecule has 2 heterocycles. The fraction of sp³-hybridized carbons (Fsp3) is 0.389. The average molecular weight is 326 g/mol. The van der Waals surface area contributed by atoms with E-state index in [9.17, 15) is 9.59 Å². The lowest BCUT2D eigenvalue weighted by molar-refractivity contribution is -0.128. The number of likely N-dealkylation sites (tertiary alicyclic amines) is 1. The fourth-order valence-electron chi connectivity index (χ4n) is 3.12. The van der Waals surface area contributed by atoms with E-state index in [1.165, 1.54) is 0 Å². The van der Waals surface area contributed by atoms with Gasteiger partial charge in [0.25, 0.3) is 0 Å². The molecule has 2 aromatic rings. The lowest BCUT2D eigenvalue weighted by Crippen LogP contribution is -2.28. The predicted octanol–water partition coefficient (Wildman–Crippen LogP) is 2.30. The van der Waals surface area contributed by atoms with Crippen LogP contribution in [-0.2, 0) is 9.59 Å². The molecule has 0 aliphatic carbocycles. The van der Waals surface area contributed by atoms with Crippen molar-refractivity contribution in [3.05, 3.63) is 41.7 Å². The van der Waals surface area contributed by atoms with Crippen LogP contribution in [0.1, 0.15) is 24.7 Å². The molecule has 0 radical (unpaired) electrons. The summed E-state index contributed by atoms with van der Waals surface area (Å²) in [4.78, 5) is 26.1. The Morgan fingerprint density at radius 3 is 2.62 bits per heavy atom. The maximum Gasteiger partial charge on any atom is 0.229 e. The summed E-state index contributed by atoms with van der Waals surface area (Å²) in [6, 6.07) is 9.80. The van der Waals surface area contributed by atoms with Gasteiger partial charge in [-0.1, -0.05) is 18.2 Å². The van der Waals surface area contributed by atoms with Crippen molar-refractivity contribution in [2.75, 3.05) is 18.4 Å². The molecule has 1 aromatic carbocycles. The number of anilines is 1. The van der Waals surface area contributed by atoms with Crippen molar-refractivity contribution in [3.8, 4) is 5.69 Å². The molecule has 3 rings (SSSR count). The number of carbonyl (C=O) groups excluding carboxylic acids is 2. The molecule has 1 fully saturated rings.